The van der Waals surface area contributed by atoms with Crippen molar-refractivity contribution in [2.24, 2.45) is 0 Å². The number of carbonyl (C=O) groups is 2. The molecule has 20 heavy (non-hydrogen) atoms. The highest BCUT2D eigenvalue weighted by Gasteiger charge is 2.17. The zero-order valence-electron chi connectivity index (χ0n) is 10.7. The highest BCUT2D eigenvalue weighted by molar-refractivity contribution is 6.09. The van der Waals surface area contributed by atoms with Crippen molar-refractivity contribution in [3.63, 3.8) is 0 Å². The van der Waals surface area contributed by atoms with Gasteiger partial charge in [0.1, 0.15) is 5.75 Å². The van der Waals surface area contributed by atoms with Gasteiger partial charge < -0.3 is 15.2 Å². The number of nitrogens with zero attached hydrogens (tertiary/aromatic N) is 1. The minimum atomic E-state index is -1.25. The average molecular weight is 272 g/mol. The van der Waals surface area contributed by atoms with Crippen LogP contribution in [0.15, 0.2) is 42.6 Å². The van der Waals surface area contributed by atoms with Crippen molar-refractivity contribution in [3.05, 3.63) is 53.9 Å². The van der Waals surface area contributed by atoms with E-state index in [1.165, 1.54) is 25.4 Å². The Balaban J connectivity index is 2.26. The summed E-state index contributed by atoms with van der Waals surface area (Å²) in [6.45, 7) is 0. The Kier molecular flexibility index (Phi) is 3.95. The smallest absolute Gasteiger partial charge is 0.355 e. The number of carboxylic acids is 1. The molecule has 2 aromatic rings. The third kappa shape index (κ3) is 2.92. The summed E-state index contributed by atoms with van der Waals surface area (Å²) in [5.74, 6) is -1.20. The highest BCUT2D eigenvalue weighted by atomic mass is 16.5. The van der Waals surface area contributed by atoms with Crippen LogP contribution in [0.3, 0.4) is 0 Å². The summed E-state index contributed by atoms with van der Waals surface area (Å²) in [7, 11) is 1.52. The topological polar surface area (TPSA) is 88.5 Å². The number of aromatic carboxylic acids is 1. The molecule has 102 valence electrons. The van der Waals surface area contributed by atoms with E-state index in [0.29, 0.717) is 11.4 Å². The van der Waals surface area contributed by atoms with Crippen LogP contribution in [-0.4, -0.2) is 29.1 Å². The van der Waals surface area contributed by atoms with Crippen molar-refractivity contribution in [1.29, 1.82) is 0 Å². The second kappa shape index (κ2) is 5.83. The number of aromatic nitrogens is 1. The Morgan fingerprint density at radius 1 is 1.25 bits per heavy atom. The second-order valence-corrected chi connectivity index (χ2v) is 3.89. The molecule has 6 nitrogen and oxygen atoms in total. The summed E-state index contributed by atoms with van der Waals surface area (Å²) in [5, 5.41) is 11.6. The average Bonchev–Trinajstić information content (AvgIpc) is 2.47. The van der Waals surface area contributed by atoms with E-state index in [9.17, 15) is 9.59 Å². The van der Waals surface area contributed by atoms with E-state index in [2.05, 4.69) is 10.3 Å². The van der Waals surface area contributed by atoms with E-state index in [-0.39, 0.29) is 11.3 Å². The van der Waals surface area contributed by atoms with Gasteiger partial charge in [-0.15, -0.1) is 0 Å². The summed E-state index contributed by atoms with van der Waals surface area (Å²) in [6.07, 6.45) is 1.33. The molecule has 2 rings (SSSR count). The van der Waals surface area contributed by atoms with E-state index in [1.807, 2.05) is 0 Å². The SMILES string of the molecule is COc1cccc(NC(=O)c2cccnc2C(=O)O)c1. The van der Waals surface area contributed by atoms with Gasteiger partial charge >= 0.3 is 5.97 Å². The van der Waals surface area contributed by atoms with Crippen molar-refractivity contribution < 1.29 is 19.4 Å². The van der Waals surface area contributed by atoms with Gasteiger partial charge in [0.25, 0.3) is 5.91 Å². The number of hydrogen-bond donors (Lipinski definition) is 2. The third-order valence-electron chi connectivity index (χ3n) is 2.58. The standard InChI is InChI=1S/C14H12N2O4/c1-20-10-5-2-4-9(8-10)16-13(17)11-6-3-7-15-12(11)14(18)19/h2-8H,1H3,(H,16,17)(H,18,19). The molecule has 1 heterocycles. The molecular weight excluding hydrogens is 260 g/mol. The fourth-order valence-corrected chi connectivity index (χ4v) is 1.66. The Morgan fingerprint density at radius 2 is 2.05 bits per heavy atom. The number of methoxy groups -OCH3 is 1. The molecule has 0 atom stereocenters. The van der Waals surface area contributed by atoms with Gasteiger partial charge in [0.05, 0.1) is 12.7 Å². The van der Waals surface area contributed by atoms with E-state index >= 15 is 0 Å². The largest absolute Gasteiger partial charge is 0.497 e. The predicted molar refractivity (Wildman–Crippen MR) is 72.1 cm³/mol. The molecule has 0 aliphatic rings. The van der Waals surface area contributed by atoms with Gasteiger partial charge in [0.15, 0.2) is 5.69 Å². The van der Waals surface area contributed by atoms with Crippen molar-refractivity contribution in [2.45, 2.75) is 0 Å². The first-order valence-electron chi connectivity index (χ1n) is 5.75. The number of nitrogens with one attached hydrogen (secondary N) is 1. The van der Waals surface area contributed by atoms with Crippen LogP contribution in [0.1, 0.15) is 20.8 Å². The molecule has 0 spiro atoms. The van der Waals surface area contributed by atoms with Crippen LogP contribution >= 0.6 is 0 Å². The van der Waals surface area contributed by atoms with Crippen molar-refractivity contribution in [3.8, 4) is 5.75 Å². The van der Waals surface area contributed by atoms with Crippen molar-refractivity contribution in [2.75, 3.05) is 12.4 Å². The maximum Gasteiger partial charge on any atom is 0.355 e. The molecule has 0 fully saturated rings. The number of amides is 1. The predicted octanol–water partition coefficient (Wildman–Crippen LogP) is 2.04. The van der Waals surface area contributed by atoms with Crippen LogP contribution in [0.5, 0.6) is 5.75 Å². The van der Waals surface area contributed by atoms with Gasteiger partial charge in [0.2, 0.25) is 0 Å². The molecule has 0 radical (unpaired) electrons. The molecule has 0 saturated carbocycles. The van der Waals surface area contributed by atoms with Gasteiger partial charge in [-0.05, 0) is 24.3 Å². The Hall–Kier alpha value is -2.89. The summed E-state index contributed by atoms with van der Waals surface area (Å²) < 4.78 is 5.05. The van der Waals surface area contributed by atoms with E-state index in [4.69, 9.17) is 9.84 Å². The molecule has 0 bridgehead atoms. The number of hydrogen-bond acceptors (Lipinski definition) is 4. The molecule has 0 aliphatic heterocycles. The maximum atomic E-state index is 12.1. The molecule has 2 N–H and O–H groups in total. The lowest BCUT2D eigenvalue weighted by Crippen LogP contribution is -2.17. The van der Waals surface area contributed by atoms with Crippen LogP contribution < -0.4 is 10.1 Å². The van der Waals surface area contributed by atoms with Gasteiger partial charge in [-0.3, -0.25) is 4.79 Å². The molecular formula is C14H12N2O4. The van der Waals surface area contributed by atoms with Crippen molar-refractivity contribution in [1.82, 2.24) is 4.98 Å². The van der Waals surface area contributed by atoms with Crippen LogP contribution in [0, 0.1) is 0 Å². The third-order valence-corrected chi connectivity index (χ3v) is 2.58. The molecule has 1 amide bonds. The highest BCUT2D eigenvalue weighted by Crippen LogP contribution is 2.18. The van der Waals surface area contributed by atoms with Gasteiger partial charge in [-0.2, -0.15) is 0 Å². The molecule has 1 aromatic carbocycles. The molecule has 1 aromatic heterocycles. The number of rotatable bonds is 4. The summed E-state index contributed by atoms with van der Waals surface area (Å²) >= 11 is 0. The molecule has 0 saturated heterocycles. The Labute approximate surface area is 115 Å². The first-order chi connectivity index (χ1) is 9.61. The quantitative estimate of drug-likeness (QED) is 0.889. The number of ether oxygens (including phenoxy) is 1. The second-order valence-electron chi connectivity index (χ2n) is 3.89. The van der Waals surface area contributed by atoms with Crippen LogP contribution in [0.2, 0.25) is 0 Å². The van der Waals surface area contributed by atoms with Gasteiger partial charge in [-0.1, -0.05) is 6.07 Å². The fraction of sp³-hybridized carbons (Fsp3) is 0.0714. The van der Waals surface area contributed by atoms with Gasteiger partial charge in [-0.25, -0.2) is 9.78 Å². The Bertz CT molecular complexity index is 655. The Morgan fingerprint density at radius 3 is 2.75 bits per heavy atom. The number of carboxylic acid groups (broad SMARTS) is 1. The number of anilines is 1. The number of benzene rings is 1. The lowest BCUT2D eigenvalue weighted by atomic mass is 10.1. The zero-order chi connectivity index (χ0) is 14.5. The fourth-order valence-electron chi connectivity index (χ4n) is 1.66. The lowest BCUT2D eigenvalue weighted by molar-refractivity contribution is 0.0686. The summed E-state index contributed by atoms with van der Waals surface area (Å²) in [5.41, 5.74) is 0.227. The van der Waals surface area contributed by atoms with E-state index in [0.717, 1.165) is 0 Å². The minimum Gasteiger partial charge on any atom is -0.497 e. The van der Waals surface area contributed by atoms with Gasteiger partial charge in [0, 0.05) is 18.0 Å². The maximum absolute atomic E-state index is 12.1. The normalized spacial score (nSPS) is 9.85. The van der Waals surface area contributed by atoms with E-state index in [1.54, 1.807) is 24.3 Å². The number of carbonyl (C=O) groups excluding carboxylic acids is 1. The molecule has 0 unspecified atom stereocenters. The summed E-state index contributed by atoms with van der Waals surface area (Å²) in [4.78, 5) is 26.8. The van der Waals surface area contributed by atoms with E-state index < -0.39 is 11.9 Å². The van der Waals surface area contributed by atoms with Crippen LogP contribution in [-0.2, 0) is 0 Å². The monoisotopic (exact) mass is 272 g/mol. The molecule has 6 heteroatoms. The molecule has 0 aliphatic carbocycles. The first kappa shape index (κ1) is 13.5. The first-order valence-corrected chi connectivity index (χ1v) is 5.75. The number of pyridine rings is 1. The van der Waals surface area contributed by atoms with Crippen molar-refractivity contribution >= 4 is 17.6 Å². The van der Waals surface area contributed by atoms with Crippen LogP contribution in [0.25, 0.3) is 0 Å². The summed E-state index contributed by atoms with van der Waals surface area (Å²) in [6, 6.07) is 9.68. The lowest BCUT2D eigenvalue weighted by Gasteiger charge is -2.08. The minimum absolute atomic E-state index is 0.00261. The van der Waals surface area contributed by atoms with Crippen LogP contribution in [0.4, 0.5) is 5.69 Å². The zero-order valence-corrected chi connectivity index (χ0v) is 10.7.